The zero-order valence-electron chi connectivity index (χ0n) is 13.2. The zero-order valence-corrected chi connectivity index (χ0v) is 14.0. The van der Waals surface area contributed by atoms with E-state index < -0.39 is 6.04 Å². The van der Waals surface area contributed by atoms with Gasteiger partial charge in [0.1, 0.15) is 5.69 Å². The molecular weight excluding hydrogens is 316 g/mol. The molecule has 0 spiro atoms. The Hall–Kier alpha value is -1.80. The van der Waals surface area contributed by atoms with Crippen molar-refractivity contribution in [3.8, 4) is 0 Å². The van der Waals surface area contributed by atoms with Crippen LogP contribution in [-0.4, -0.2) is 60.0 Å². The number of piperazine rings is 1. The van der Waals surface area contributed by atoms with Crippen LogP contribution < -0.4 is 10.6 Å². The van der Waals surface area contributed by atoms with Crippen molar-refractivity contribution in [3.05, 3.63) is 34.4 Å². The molecule has 1 atom stereocenters. The third-order valence-corrected chi connectivity index (χ3v) is 4.60. The second-order valence-electron chi connectivity index (χ2n) is 5.45. The number of hydrogen-bond acceptors (Lipinski definition) is 6. The van der Waals surface area contributed by atoms with Gasteiger partial charge in [-0.2, -0.15) is 11.8 Å². The molecule has 0 aliphatic carbocycles. The predicted octanol–water partition coefficient (Wildman–Crippen LogP) is 1.32. The SMILES string of the molecule is CSCC[C@H](N)C(=O)N1CCN(c2ccccc2[N+](=O)[O-])CC1. The van der Waals surface area contributed by atoms with E-state index in [4.69, 9.17) is 5.73 Å². The summed E-state index contributed by atoms with van der Waals surface area (Å²) in [4.78, 5) is 26.8. The lowest BCUT2D eigenvalue weighted by atomic mass is 10.1. The van der Waals surface area contributed by atoms with Crippen LogP contribution in [0, 0.1) is 10.1 Å². The maximum atomic E-state index is 12.3. The minimum absolute atomic E-state index is 0.0266. The first-order chi connectivity index (χ1) is 11.0. The van der Waals surface area contributed by atoms with E-state index in [1.165, 1.54) is 6.07 Å². The lowest BCUT2D eigenvalue weighted by Gasteiger charge is -2.36. The van der Waals surface area contributed by atoms with Crippen LogP contribution in [0.3, 0.4) is 0 Å². The first-order valence-corrected chi connectivity index (χ1v) is 8.95. The lowest BCUT2D eigenvalue weighted by molar-refractivity contribution is -0.384. The third kappa shape index (κ3) is 4.35. The van der Waals surface area contributed by atoms with Gasteiger partial charge in [0.2, 0.25) is 5.91 Å². The largest absolute Gasteiger partial charge is 0.362 e. The van der Waals surface area contributed by atoms with Crippen molar-refractivity contribution < 1.29 is 9.72 Å². The Morgan fingerprint density at radius 2 is 2.00 bits per heavy atom. The summed E-state index contributed by atoms with van der Waals surface area (Å²) < 4.78 is 0. The highest BCUT2D eigenvalue weighted by Gasteiger charge is 2.27. The van der Waals surface area contributed by atoms with Crippen molar-refractivity contribution in [2.24, 2.45) is 5.73 Å². The second-order valence-corrected chi connectivity index (χ2v) is 6.43. The van der Waals surface area contributed by atoms with E-state index in [9.17, 15) is 14.9 Å². The molecule has 126 valence electrons. The number of nitrogens with two attached hydrogens (primary N) is 1. The Morgan fingerprint density at radius 3 is 2.61 bits per heavy atom. The van der Waals surface area contributed by atoms with E-state index in [-0.39, 0.29) is 16.5 Å². The van der Waals surface area contributed by atoms with Gasteiger partial charge >= 0.3 is 0 Å². The molecule has 2 N–H and O–H groups in total. The molecule has 0 saturated carbocycles. The van der Waals surface area contributed by atoms with Gasteiger partial charge in [0, 0.05) is 32.2 Å². The number of nitro benzene ring substituents is 1. The minimum Gasteiger partial charge on any atom is -0.362 e. The van der Waals surface area contributed by atoms with Crippen LogP contribution in [-0.2, 0) is 4.79 Å². The van der Waals surface area contributed by atoms with Crippen LogP contribution in [0.1, 0.15) is 6.42 Å². The predicted molar refractivity (Wildman–Crippen MR) is 92.9 cm³/mol. The number of carbonyl (C=O) groups is 1. The molecule has 1 aliphatic heterocycles. The normalized spacial score (nSPS) is 16.3. The van der Waals surface area contributed by atoms with Crippen LogP contribution in [0.4, 0.5) is 11.4 Å². The Bertz CT molecular complexity index is 561. The average molecular weight is 338 g/mol. The molecule has 0 unspecified atom stereocenters. The van der Waals surface area contributed by atoms with Gasteiger partial charge in [-0.25, -0.2) is 0 Å². The smallest absolute Gasteiger partial charge is 0.292 e. The number of nitro groups is 1. The van der Waals surface area contributed by atoms with Crippen LogP contribution in [0.25, 0.3) is 0 Å². The van der Waals surface area contributed by atoms with Crippen molar-refractivity contribution in [2.75, 3.05) is 43.1 Å². The molecule has 1 fully saturated rings. The van der Waals surface area contributed by atoms with Crippen molar-refractivity contribution in [2.45, 2.75) is 12.5 Å². The summed E-state index contributed by atoms with van der Waals surface area (Å²) in [6.07, 6.45) is 2.66. The van der Waals surface area contributed by atoms with E-state index in [2.05, 4.69) is 0 Å². The highest BCUT2D eigenvalue weighted by Crippen LogP contribution is 2.28. The maximum Gasteiger partial charge on any atom is 0.292 e. The molecule has 23 heavy (non-hydrogen) atoms. The van der Waals surface area contributed by atoms with Gasteiger partial charge in [0.05, 0.1) is 11.0 Å². The quantitative estimate of drug-likeness (QED) is 0.621. The number of thioether (sulfide) groups is 1. The monoisotopic (exact) mass is 338 g/mol. The van der Waals surface area contributed by atoms with E-state index in [0.717, 1.165) is 5.75 Å². The van der Waals surface area contributed by atoms with E-state index in [1.54, 1.807) is 34.9 Å². The number of nitrogens with zero attached hydrogens (tertiary/aromatic N) is 3. The fourth-order valence-electron chi connectivity index (χ4n) is 2.66. The maximum absolute atomic E-state index is 12.3. The Labute approximate surface area is 140 Å². The highest BCUT2D eigenvalue weighted by molar-refractivity contribution is 7.98. The van der Waals surface area contributed by atoms with Crippen LogP contribution in [0.2, 0.25) is 0 Å². The fourth-order valence-corrected chi connectivity index (χ4v) is 3.15. The number of carbonyl (C=O) groups excluding carboxylic acids is 1. The van der Waals surface area contributed by atoms with Crippen LogP contribution in [0.5, 0.6) is 0 Å². The molecule has 1 heterocycles. The molecule has 0 bridgehead atoms. The van der Waals surface area contributed by atoms with Gasteiger partial charge in [0.15, 0.2) is 0 Å². The standard InChI is InChI=1S/C15H22N4O3S/c1-23-11-6-12(16)15(20)18-9-7-17(8-10-18)13-4-2-3-5-14(13)19(21)22/h2-5,12H,6-11,16H2,1H3/t12-/m0/s1. The van der Waals surface area contributed by atoms with Crippen molar-refractivity contribution in [1.29, 1.82) is 0 Å². The number of benzene rings is 1. The summed E-state index contributed by atoms with van der Waals surface area (Å²) in [6, 6.07) is 6.25. The molecule has 1 aromatic rings. The molecular formula is C15H22N4O3S. The van der Waals surface area contributed by atoms with E-state index >= 15 is 0 Å². The van der Waals surface area contributed by atoms with Gasteiger partial charge < -0.3 is 15.5 Å². The molecule has 0 radical (unpaired) electrons. The molecule has 1 amide bonds. The average Bonchev–Trinajstić information content (AvgIpc) is 2.59. The second kappa shape index (κ2) is 8.16. The molecule has 7 nitrogen and oxygen atoms in total. The Kier molecular flexibility index (Phi) is 6.23. The first kappa shape index (κ1) is 17.6. The number of anilines is 1. The van der Waals surface area contributed by atoms with E-state index in [1.807, 2.05) is 11.2 Å². The summed E-state index contributed by atoms with van der Waals surface area (Å²) in [6.45, 7) is 2.23. The number of amides is 1. The first-order valence-electron chi connectivity index (χ1n) is 7.56. The third-order valence-electron chi connectivity index (χ3n) is 3.96. The number of hydrogen-bond donors (Lipinski definition) is 1. The van der Waals surface area contributed by atoms with Crippen LogP contribution >= 0.6 is 11.8 Å². The molecule has 1 aliphatic rings. The Balaban J connectivity index is 1.96. The summed E-state index contributed by atoms with van der Waals surface area (Å²) in [7, 11) is 0. The Morgan fingerprint density at radius 1 is 1.35 bits per heavy atom. The molecule has 2 rings (SSSR count). The number of para-hydroxylation sites is 2. The van der Waals surface area contributed by atoms with Gasteiger partial charge in [0.25, 0.3) is 5.69 Å². The van der Waals surface area contributed by atoms with Crippen molar-refractivity contribution in [3.63, 3.8) is 0 Å². The van der Waals surface area contributed by atoms with Gasteiger partial charge in [-0.15, -0.1) is 0 Å². The molecule has 8 heteroatoms. The van der Waals surface area contributed by atoms with E-state index in [0.29, 0.717) is 38.3 Å². The summed E-state index contributed by atoms with van der Waals surface area (Å²) in [5.74, 6) is 0.838. The van der Waals surface area contributed by atoms with Crippen LogP contribution in [0.15, 0.2) is 24.3 Å². The zero-order chi connectivity index (χ0) is 16.8. The van der Waals surface area contributed by atoms with Crippen molar-refractivity contribution in [1.82, 2.24) is 4.90 Å². The molecule has 0 aromatic heterocycles. The molecule has 1 saturated heterocycles. The number of rotatable bonds is 6. The summed E-state index contributed by atoms with van der Waals surface area (Å²) in [5.41, 5.74) is 6.64. The van der Waals surface area contributed by atoms with Gasteiger partial charge in [-0.3, -0.25) is 14.9 Å². The van der Waals surface area contributed by atoms with Gasteiger partial charge in [-0.1, -0.05) is 12.1 Å². The topological polar surface area (TPSA) is 92.7 Å². The fraction of sp³-hybridized carbons (Fsp3) is 0.533. The lowest BCUT2D eigenvalue weighted by Crippen LogP contribution is -2.53. The summed E-state index contributed by atoms with van der Waals surface area (Å²) >= 11 is 1.67. The minimum atomic E-state index is -0.458. The molecule has 1 aromatic carbocycles. The van der Waals surface area contributed by atoms with Crippen molar-refractivity contribution >= 4 is 29.0 Å². The van der Waals surface area contributed by atoms with Gasteiger partial charge in [-0.05, 0) is 24.5 Å². The highest BCUT2D eigenvalue weighted by atomic mass is 32.2. The summed E-state index contributed by atoms with van der Waals surface area (Å²) in [5, 5.41) is 11.1.